The molecule has 0 unspecified atom stereocenters. The Hall–Kier alpha value is -0.910. The zero-order chi connectivity index (χ0) is 11.5. The van der Waals surface area contributed by atoms with Gasteiger partial charge < -0.3 is 10.4 Å². The van der Waals surface area contributed by atoms with E-state index in [1.807, 2.05) is 6.07 Å². The molecule has 2 heterocycles. The Balaban J connectivity index is 2.01. The second kappa shape index (κ2) is 4.95. The minimum absolute atomic E-state index is 0.309. The van der Waals surface area contributed by atoms with Crippen LogP contribution in [0.2, 0.25) is 0 Å². The number of piperazine rings is 1. The third-order valence-corrected chi connectivity index (χ3v) is 4.05. The molecule has 2 atom stereocenters. The lowest BCUT2D eigenvalue weighted by atomic mass is 10.1. The molecule has 0 aromatic carbocycles. The van der Waals surface area contributed by atoms with Gasteiger partial charge in [-0.05, 0) is 18.4 Å². The van der Waals surface area contributed by atoms with Crippen LogP contribution in [0, 0.1) is 0 Å². The fourth-order valence-corrected chi connectivity index (χ4v) is 2.82. The Bertz CT molecular complexity index is 353. The van der Waals surface area contributed by atoms with Crippen molar-refractivity contribution in [3.05, 3.63) is 22.4 Å². The van der Waals surface area contributed by atoms with Crippen LogP contribution in [-0.4, -0.2) is 41.7 Å². The number of carboxylic acids is 1. The van der Waals surface area contributed by atoms with E-state index in [9.17, 15) is 4.79 Å². The molecule has 0 bridgehead atoms. The number of thiophene rings is 1. The van der Waals surface area contributed by atoms with Crippen LogP contribution in [0.1, 0.15) is 17.8 Å². The van der Waals surface area contributed by atoms with Crippen LogP contribution < -0.4 is 5.32 Å². The lowest BCUT2D eigenvalue weighted by molar-refractivity contribution is -0.140. The average molecular weight is 240 g/mol. The van der Waals surface area contributed by atoms with Crippen molar-refractivity contribution < 1.29 is 9.90 Å². The largest absolute Gasteiger partial charge is 0.480 e. The van der Waals surface area contributed by atoms with E-state index in [1.54, 1.807) is 11.3 Å². The maximum Gasteiger partial charge on any atom is 0.322 e. The summed E-state index contributed by atoms with van der Waals surface area (Å²) in [6, 6.07) is 4.01. The van der Waals surface area contributed by atoms with Gasteiger partial charge in [-0.2, -0.15) is 0 Å². The van der Waals surface area contributed by atoms with Gasteiger partial charge in [0.2, 0.25) is 0 Å². The lowest BCUT2D eigenvalue weighted by Gasteiger charge is -2.35. The van der Waals surface area contributed by atoms with Crippen molar-refractivity contribution in [1.29, 1.82) is 0 Å². The van der Waals surface area contributed by atoms with Crippen molar-refractivity contribution in [1.82, 2.24) is 10.2 Å². The monoisotopic (exact) mass is 240 g/mol. The van der Waals surface area contributed by atoms with Crippen LogP contribution in [0.5, 0.6) is 0 Å². The predicted octanol–water partition coefficient (Wildman–Crippen LogP) is 1.17. The van der Waals surface area contributed by atoms with Gasteiger partial charge in [0.05, 0.1) is 0 Å². The van der Waals surface area contributed by atoms with Crippen molar-refractivity contribution >= 4 is 17.3 Å². The van der Waals surface area contributed by atoms with Gasteiger partial charge in [0.15, 0.2) is 0 Å². The molecule has 0 amide bonds. The molecular formula is C11H16N2O2S. The average Bonchev–Trinajstić information content (AvgIpc) is 2.81. The predicted molar refractivity (Wildman–Crippen MR) is 63.7 cm³/mol. The van der Waals surface area contributed by atoms with Crippen LogP contribution in [0.4, 0.5) is 0 Å². The van der Waals surface area contributed by atoms with Crippen LogP contribution in [0.15, 0.2) is 17.5 Å². The summed E-state index contributed by atoms with van der Waals surface area (Å²) in [5.41, 5.74) is 0. The van der Waals surface area contributed by atoms with Crippen LogP contribution in [0.3, 0.4) is 0 Å². The quantitative estimate of drug-likeness (QED) is 0.832. The standard InChI is InChI=1S/C11H16N2O2S/c1-8(10-3-2-6-16-10)13-5-4-12-9(7-13)11(14)15/h2-3,6,8-9,12H,4-5,7H2,1H3,(H,14,15)/t8-,9+/m0/s1. The number of carboxylic acid groups (broad SMARTS) is 1. The molecule has 1 saturated heterocycles. The van der Waals surface area contributed by atoms with Crippen LogP contribution in [0.25, 0.3) is 0 Å². The minimum atomic E-state index is -0.761. The van der Waals surface area contributed by atoms with Gasteiger partial charge in [0, 0.05) is 30.6 Å². The Morgan fingerprint density at radius 1 is 1.75 bits per heavy atom. The third kappa shape index (κ3) is 2.42. The second-order valence-corrected chi connectivity index (χ2v) is 5.01. The number of nitrogens with zero attached hydrogens (tertiary/aromatic N) is 1. The Labute approximate surface area is 98.9 Å². The molecule has 0 aliphatic carbocycles. The summed E-state index contributed by atoms with van der Waals surface area (Å²) in [7, 11) is 0. The second-order valence-electron chi connectivity index (χ2n) is 4.03. The van der Waals surface area contributed by atoms with Gasteiger partial charge in [-0.25, -0.2) is 0 Å². The van der Waals surface area contributed by atoms with Gasteiger partial charge in [-0.1, -0.05) is 6.07 Å². The highest BCUT2D eigenvalue weighted by Crippen LogP contribution is 2.25. The van der Waals surface area contributed by atoms with E-state index >= 15 is 0 Å². The maximum absolute atomic E-state index is 10.9. The van der Waals surface area contributed by atoms with Gasteiger partial charge in [0.25, 0.3) is 0 Å². The summed E-state index contributed by atoms with van der Waals surface area (Å²) < 4.78 is 0. The summed E-state index contributed by atoms with van der Waals surface area (Å²) in [6.07, 6.45) is 0. The Morgan fingerprint density at radius 2 is 2.56 bits per heavy atom. The Kier molecular flexibility index (Phi) is 3.58. The Morgan fingerprint density at radius 3 is 3.19 bits per heavy atom. The molecule has 5 heteroatoms. The van der Waals surface area contributed by atoms with Crippen molar-refractivity contribution in [2.24, 2.45) is 0 Å². The minimum Gasteiger partial charge on any atom is -0.480 e. The zero-order valence-corrected chi connectivity index (χ0v) is 10.0. The van der Waals surface area contributed by atoms with Gasteiger partial charge in [-0.15, -0.1) is 11.3 Å². The molecule has 1 aromatic rings. The number of hydrogen-bond donors (Lipinski definition) is 2. The van der Waals surface area contributed by atoms with Gasteiger partial charge >= 0.3 is 5.97 Å². The first-order valence-corrected chi connectivity index (χ1v) is 6.30. The highest BCUT2D eigenvalue weighted by Gasteiger charge is 2.28. The molecule has 0 radical (unpaired) electrons. The van der Waals surface area contributed by atoms with E-state index in [-0.39, 0.29) is 0 Å². The number of aliphatic carboxylic acids is 1. The zero-order valence-electron chi connectivity index (χ0n) is 9.22. The SMILES string of the molecule is C[C@@H](c1cccs1)N1CCN[C@@H](C(=O)O)C1. The molecule has 2 rings (SSSR count). The van der Waals surface area contributed by atoms with E-state index in [4.69, 9.17) is 5.11 Å². The summed E-state index contributed by atoms with van der Waals surface area (Å²) >= 11 is 1.72. The number of hydrogen-bond acceptors (Lipinski definition) is 4. The maximum atomic E-state index is 10.9. The molecule has 0 spiro atoms. The first-order valence-electron chi connectivity index (χ1n) is 5.42. The topological polar surface area (TPSA) is 52.6 Å². The fourth-order valence-electron chi connectivity index (χ4n) is 2.00. The lowest BCUT2D eigenvalue weighted by Crippen LogP contribution is -2.54. The fraction of sp³-hybridized carbons (Fsp3) is 0.545. The highest BCUT2D eigenvalue weighted by atomic mass is 32.1. The molecule has 88 valence electrons. The number of nitrogens with one attached hydrogen (secondary N) is 1. The van der Waals surface area contributed by atoms with Crippen molar-refractivity contribution in [3.63, 3.8) is 0 Å². The van der Waals surface area contributed by atoms with Gasteiger partial charge in [-0.3, -0.25) is 9.69 Å². The molecule has 1 aliphatic rings. The van der Waals surface area contributed by atoms with Gasteiger partial charge in [0.1, 0.15) is 6.04 Å². The number of carbonyl (C=O) groups is 1. The van der Waals surface area contributed by atoms with E-state index in [0.29, 0.717) is 12.6 Å². The molecule has 0 saturated carbocycles. The van der Waals surface area contributed by atoms with Crippen molar-refractivity contribution in [2.75, 3.05) is 19.6 Å². The molecule has 1 aromatic heterocycles. The molecule has 1 aliphatic heterocycles. The third-order valence-electron chi connectivity index (χ3n) is 3.01. The summed E-state index contributed by atoms with van der Waals surface area (Å²) in [5, 5.41) is 14.1. The van der Waals surface area contributed by atoms with E-state index in [0.717, 1.165) is 13.1 Å². The van der Waals surface area contributed by atoms with Crippen molar-refractivity contribution in [2.45, 2.75) is 19.0 Å². The summed E-state index contributed by atoms with van der Waals surface area (Å²) in [5.74, 6) is -0.761. The molecule has 2 N–H and O–H groups in total. The van der Waals surface area contributed by atoms with E-state index < -0.39 is 12.0 Å². The number of rotatable bonds is 3. The smallest absolute Gasteiger partial charge is 0.322 e. The molecule has 16 heavy (non-hydrogen) atoms. The molecule has 1 fully saturated rings. The summed E-state index contributed by atoms with van der Waals surface area (Å²) in [4.78, 5) is 14.4. The summed E-state index contributed by atoms with van der Waals surface area (Å²) in [6.45, 7) is 4.36. The molecular weight excluding hydrogens is 224 g/mol. The highest BCUT2D eigenvalue weighted by molar-refractivity contribution is 7.10. The van der Waals surface area contributed by atoms with Crippen LogP contribution >= 0.6 is 11.3 Å². The normalized spacial score (nSPS) is 24.2. The van der Waals surface area contributed by atoms with Crippen LogP contribution in [-0.2, 0) is 4.79 Å². The van der Waals surface area contributed by atoms with Crippen molar-refractivity contribution in [3.8, 4) is 0 Å². The van der Waals surface area contributed by atoms with E-state index in [1.165, 1.54) is 4.88 Å². The van der Waals surface area contributed by atoms with E-state index in [2.05, 4.69) is 28.6 Å². The molecule has 4 nitrogen and oxygen atoms in total. The first kappa shape index (κ1) is 11.6. The first-order chi connectivity index (χ1) is 7.68.